The number of hydrogen-bond acceptors (Lipinski definition) is 6. The maximum absolute atomic E-state index is 5.87. The van der Waals surface area contributed by atoms with Crippen LogP contribution in [-0.4, -0.2) is 48.5 Å². The highest BCUT2D eigenvalue weighted by Gasteiger charge is 2.41. The third-order valence-corrected chi connectivity index (χ3v) is 5.41. The molecule has 0 saturated carbocycles. The average molecular weight is 343 g/mol. The van der Waals surface area contributed by atoms with E-state index in [0.717, 1.165) is 50.9 Å². The summed E-state index contributed by atoms with van der Waals surface area (Å²) in [7, 11) is 1.70. The summed E-state index contributed by atoms with van der Waals surface area (Å²) in [5, 5.41) is 8.10. The molecule has 0 spiro atoms. The molecule has 2 saturated heterocycles. The van der Waals surface area contributed by atoms with Crippen LogP contribution in [-0.2, 0) is 17.7 Å². The summed E-state index contributed by atoms with van der Waals surface area (Å²) in [6.45, 7) is 6.67. The molecule has 25 heavy (non-hydrogen) atoms. The molecule has 0 N–H and O–H groups in total. The van der Waals surface area contributed by atoms with Gasteiger partial charge in [0.1, 0.15) is 5.75 Å². The Morgan fingerprint density at radius 2 is 2.00 bits per heavy atom. The van der Waals surface area contributed by atoms with Crippen LogP contribution >= 0.6 is 0 Å². The molecule has 0 radical (unpaired) electrons. The van der Waals surface area contributed by atoms with Crippen LogP contribution in [0.25, 0.3) is 0 Å². The number of methoxy groups -OCH3 is 1. The Morgan fingerprint density at radius 3 is 2.72 bits per heavy atom. The van der Waals surface area contributed by atoms with Crippen molar-refractivity contribution in [2.24, 2.45) is 17.8 Å². The Balaban J connectivity index is 1.39. The first kappa shape index (κ1) is 16.5. The monoisotopic (exact) mass is 343 g/mol. The first-order valence-electron chi connectivity index (χ1n) is 8.93. The Kier molecular flexibility index (Phi) is 4.72. The molecule has 4 rings (SSSR count). The van der Waals surface area contributed by atoms with Crippen LogP contribution in [0.3, 0.4) is 0 Å². The zero-order valence-corrected chi connectivity index (χ0v) is 14.9. The number of fused-ring (bicyclic) bond motifs is 1. The van der Waals surface area contributed by atoms with Gasteiger partial charge >= 0.3 is 0 Å². The first-order chi connectivity index (χ1) is 12.2. The summed E-state index contributed by atoms with van der Waals surface area (Å²) in [6.07, 6.45) is 0.818. The Labute approximate surface area is 148 Å². The van der Waals surface area contributed by atoms with Gasteiger partial charge in [-0.25, -0.2) is 0 Å². The van der Waals surface area contributed by atoms with Gasteiger partial charge in [0, 0.05) is 33.0 Å². The smallest absolute Gasteiger partial charge is 0.216 e. The van der Waals surface area contributed by atoms with E-state index >= 15 is 0 Å². The second-order valence-electron chi connectivity index (χ2n) is 7.18. The van der Waals surface area contributed by atoms with Crippen molar-refractivity contribution in [1.29, 1.82) is 0 Å². The van der Waals surface area contributed by atoms with E-state index in [1.807, 2.05) is 19.1 Å². The topological polar surface area (TPSA) is 60.6 Å². The number of rotatable bonds is 5. The van der Waals surface area contributed by atoms with Crippen molar-refractivity contribution in [3.05, 3.63) is 41.6 Å². The zero-order valence-electron chi connectivity index (χ0n) is 14.9. The number of ether oxygens (including phenoxy) is 2. The number of aryl methyl sites for hydroxylation is 1. The van der Waals surface area contributed by atoms with Crippen LogP contribution in [0.4, 0.5) is 0 Å². The maximum atomic E-state index is 5.87. The van der Waals surface area contributed by atoms with E-state index in [1.54, 1.807) is 7.11 Å². The highest BCUT2D eigenvalue weighted by Crippen LogP contribution is 2.36. The van der Waals surface area contributed by atoms with Crippen molar-refractivity contribution < 1.29 is 13.9 Å². The summed E-state index contributed by atoms with van der Waals surface area (Å²) in [6, 6.07) is 8.36. The molecule has 6 nitrogen and oxygen atoms in total. The fraction of sp³-hybridized carbons (Fsp3) is 0.579. The second kappa shape index (κ2) is 7.14. The lowest BCUT2D eigenvalue weighted by Crippen LogP contribution is -2.36. The van der Waals surface area contributed by atoms with E-state index in [2.05, 4.69) is 27.2 Å². The molecule has 2 aliphatic rings. The number of aromatic nitrogens is 2. The Bertz CT molecular complexity index is 700. The maximum Gasteiger partial charge on any atom is 0.216 e. The van der Waals surface area contributed by atoms with Gasteiger partial charge in [0.15, 0.2) is 0 Å². The van der Waals surface area contributed by atoms with E-state index in [1.165, 1.54) is 5.56 Å². The van der Waals surface area contributed by atoms with Crippen LogP contribution in [0.15, 0.2) is 28.7 Å². The fourth-order valence-corrected chi connectivity index (χ4v) is 4.17. The average Bonchev–Trinajstić information content (AvgIpc) is 3.22. The van der Waals surface area contributed by atoms with Crippen LogP contribution in [0.1, 0.15) is 17.3 Å². The minimum absolute atomic E-state index is 0.458. The van der Waals surface area contributed by atoms with E-state index < -0.39 is 0 Å². The van der Waals surface area contributed by atoms with Gasteiger partial charge in [-0.3, -0.25) is 4.90 Å². The van der Waals surface area contributed by atoms with Gasteiger partial charge in [-0.05, 0) is 35.4 Å². The lowest BCUT2D eigenvalue weighted by atomic mass is 9.81. The number of nitrogens with zero attached hydrogens (tertiary/aromatic N) is 3. The molecule has 0 unspecified atom stereocenters. The van der Waals surface area contributed by atoms with Crippen LogP contribution < -0.4 is 4.74 Å². The van der Waals surface area contributed by atoms with Crippen molar-refractivity contribution >= 4 is 0 Å². The molecule has 1 aromatic carbocycles. The number of likely N-dealkylation sites (tertiary alicyclic amines) is 1. The highest BCUT2D eigenvalue weighted by atomic mass is 16.5. The van der Waals surface area contributed by atoms with Crippen molar-refractivity contribution in [2.45, 2.75) is 19.9 Å². The third kappa shape index (κ3) is 3.70. The zero-order chi connectivity index (χ0) is 17.2. The number of hydrogen-bond donors (Lipinski definition) is 0. The van der Waals surface area contributed by atoms with Crippen molar-refractivity contribution in [3.8, 4) is 5.75 Å². The van der Waals surface area contributed by atoms with Crippen molar-refractivity contribution in [1.82, 2.24) is 15.1 Å². The highest BCUT2D eigenvalue weighted by molar-refractivity contribution is 5.27. The molecule has 6 heteroatoms. The van der Waals surface area contributed by atoms with Crippen LogP contribution in [0.5, 0.6) is 5.75 Å². The molecule has 134 valence electrons. The third-order valence-electron chi connectivity index (χ3n) is 5.41. The standard InChI is InChI=1S/C19H25N3O3/c1-13-20-21-19(25-13)7-15-11-24-12-16-9-22(10-18(15)16)8-14-3-5-17(23-2)6-4-14/h3-6,15-16,18H,7-12H2,1-2H3/t15-,16-,18+/m1/s1. The molecular weight excluding hydrogens is 318 g/mol. The fourth-order valence-electron chi connectivity index (χ4n) is 4.17. The second-order valence-corrected chi connectivity index (χ2v) is 7.18. The van der Waals surface area contributed by atoms with Gasteiger partial charge in [0.05, 0.1) is 20.3 Å². The molecule has 3 heterocycles. The van der Waals surface area contributed by atoms with Gasteiger partial charge in [0.2, 0.25) is 11.8 Å². The van der Waals surface area contributed by atoms with Crippen LogP contribution in [0.2, 0.25) is 0 Å². The summed E-state index contributed by atoms with van der Waals surface area (Å²) < 4.78 is 16.7. The normalized spacial score (nSPS) is 26.6. The predicted molar refractivity (Wildman–Crippen MR) is 92.3 cm³/mol. The van der Waals surface area contributed by atoms with Gasteiger partial charge in [-0.1, -0.05) is 12.1 Å². The minimum atomic E-state index is 0.458. The quantitative estimate of drug-likeness (QED) is 0.830. The molecule has 3 atom stereocenters. The minimum Gasteiger partial charge on any atom is -0.497 e. The number of benzene rings is 1. The van der Waals surface area contributed by atoms with Crippen LogP contribution in [0, 0.1) is 24.7 Å². The first-order valence-corrected chi connectivity index (χ1v) is 8.93. The van der Waals surface area contributed by atoms with E-state index in [9.17, 15) is 0 Å². The SMILES string of the molecule is COc1ccc(CN2C[C@@H]3COC[C@@H](Cc4nnc(C)o4)[C@@H]3C2)cc1. The summed E-state index contributed by atoms with van der Waals surface area (Å²) in [5.74, 6) is 3.97. The summed E-state index contributed by atoms with van der Waals surface area (Å²) in [5.41, 5.74) is 1.32. The van der Waals surface area contributed by atoms with Gasteiger partial charge in [-0.15, -0.1) is 10.2 Å². The van der Waals surface area contributed by atoms with Gasteiger partial charge in [-0.2, -0.15) is 0 Å². The molecule has 0 bridgehead atoms. The summed E-state index contributed by atoms with van der Waals surface area (Å²) in [4.78, 5) is 2.54. The molecule has 2 fully saturated rings. The molecule has 0 aliphatic carbocycles. The van der Waals surface area contributed by atoms with Gasteiger partial charge < -0.3 is 13.9 Å². The summed E-state index contributed by atoms with van der Waals surface area (Å²) >= 11 is 0. The van der Waals surface area contributed by atoms with Crippen molar-refractivity contribution in [3.63, 3.8) is 0 Å². The molecule has 1 aromatic heterocycles. The Hall–Kier alpha value is -1.92. The van der Waals surface area contributed by atoms with E-state index in [4.69, 9.17) is 13.9 Å². The molecule has 2 aliphatic heterocycles. The van der Waals surface area contributed by atoms with E-state index in [0.29, 0.717) is 23.6 Å². The van der Waals surface area contributed by atoms with Crippen molar-refractivity contribution in [2.75, 3.05) is 33.4 Å². The predicted octanol–water partition coefficient (Wildman–Crippen LogP) is 2.32. The van der Waals surface area contributed by atoms with Gasteiger partial charge in [0.25, 0.3) is 0 Å². The van der Waals surface area contributed by atoms with E-state index in [-0.39, 0.29) is 0 Å². The largest absolute Gasteiger partial charge is 0.497 e. The lowest BCUT2D eigenvalue weighted by molar-refractivity contribution is -0.0107. The molecular formula is C19H25N3O3. The molecule has 2 aromatic rings. The lowest BCUT2D eigenvalue weighted by Gasteiger charge is -2.32. The Morgan fingerprint density at radius 1 is 1.16 bits per heavy atom. The molecule has 0 amide bonds.